The minimum Gasteiger partial charge on any atom is -0.305 e. The molecule has 16 heavy (non-hydrogen) atoms. The number of nitrogens with one attached hydrogen (secondary N) is 1. The summed E-state index contributed by atoms with van der Waals surface area (Å²) in [5.74, 6) is 0.173. The van der Waals surface area contributed by atoms with E-state index in [-0.39, 0.29) is 17.9 Å². The van der Waals surface area contributed by atoms with Crippen molar-refractivity contribution in [2.45, 2.75) is 45.6 Å². The van der Waals surface area contributed by atoms with Crippen LogP contribution in [0.3, 0.4) is 0 Å². The van der Waals surface area contributed by atoms with E-state index in [2.05, 4.69) is 20.8 Å². The molecule has 0 bridgehead atoms. The van der Waals surface area contributed by atoms with Crippen molar-refractivity contribution in [1.82, 2.24) is 25.5 Å². The van der Waals surface area contributed by atoms with Crippen molar-refractivity contribution in [3.63, 3.8) is 0 Å². The number of halogens is 3. The van der Waals surface area contributed by atoms with Gasteiger partial charge in [-0.15, -0.1) is 5.10 Å². The Kier molecular flexibility index (Phi) is 3.51. The smallest absolute Gasteiger partial charge is 0.305 e. The van der Waals surface area contributed by atoms with Gasteiger partial charge in [-0.3, -0.25) is 0 Å². The number of alkyl halides is 3. The zero-order chi connectivity index (χ0) is 12.4. The van der Waals surface area contributed by atoms with Crippen molar-refractivity contribution < 1.29 is 13.2 Å². The fourth-order valence-electron chi connectivity index (χ4n) is 0.987. The Morgan fingerprint density at radius 1 is 1.25 bits per heavy atom. The topological polar surface area (TPSA) is 55.6 Å². The Morgan fingerprint density at radius 2 is 1.88 bits per heavy atom. The Bertz CT molecular complexity index is 338. The number of aromatic nitrogens is 4. The van der Waals surface area contributed by atoms with Gasteiger partial charge in [0, 0.05) is 5.54 Å². The van der Waals surface area contributed by atoms with E-state index in [9.17, 15) is 13.2 Å². The summed E-state index contributed by atoms with van der Waals surface area (Å²) in [7, 11) is 0. The molecule has 8 heteroatoms. The van der Waals surface area contributed by atoms with Gasteiger partial charge in [-0.05, 0) is 31.2 Å². The van der Waals surface area contributed by atoms with Crippen LogP contribution in [0.1, 0.15) is 26.6 Å². The molecule has 1 aromatic heterocycles. The van der Waals surface area contributed by atoms with E-state index in [1.807, 2.05) is 20.8 Å². The molecule has 5 nitrogen and oxygen atoms in total. The number of hydrogen-bond acceptors (Lipinski definition) is 4. The van der Waals surface area contributed by atoms with Crippen LogP contribution in [-0.2, 0) is 13.1 Å². The van der Waals surface area contributed by atoms with Crippen LogP contribution >= 0.6 is 0 Å². The maximum atomic E-state index is 12.1. The van der Waals surface area contributed by atoms with E-state index >= 15 is 0 Å². The second-order valence-corrected chi connectivity index (χ2v) is 4.47. The summed E-state index contributed by atoms with van der Waals surface area (Å²) in [4.78, 5) is 0. The lowest BCUT2D eigenvalue weighted by molar-refractivity contribution is -0.143. The summed E-state index contributed by atoms with van der Waals surface area (Å²) < 4.78 is 37.2. The SMILES string of the molecule is CC(C)(C)NCc1nnnn1CC(F)(F)F. The van der Waals surface area contributed by atoms with Crippen LogP contribution in [0.4, 0.5) is 13.2 Å². The van der Waals surface area contributed by atoms with Crippen LogP contribution in [0.2, 0.25) is 0 Å². The Hall–Kier alpha value is -1.18. The number of hydrogen-bond donors (Lipinski definition) is 1. The number of tetrazole rings is 1. The maximum absolute atomic E-state index is 12.1. The van der Waals surface area contributed by atoms with Gasteiger partial charge in [0.25, 0.3) is 0 Å². The molecule has 1 rings (SSSR count). The standard InChI is InChI=1S/C8H14F3N5/c1-7(2,3)12-4-6-13-14-15-16(6)5-8(9,10)11/h12H,4-5H2,1-3H3. The first-order valence-corrected chi connectivity index (χ1v) is 4.74. The lowest BCUT2D eigenvalue weighted by atomic mass is 10.1. The van der Waals surface area contributed by atoms with Gasteiger partial charge in [-0.2, -0.15) is 13.2 Å². The summed E-state index contributed by atoms with van der Waals surface area (Å²) in [6.07, 6.45) is -4.31. The van der Waals surface area contributed by atoms with Crippen LogP contribution in [0.5, 0.6) is 0 Å². The van der Waals surface area contributed by atoms with Crippen LogP contribution < -0.4 is 5.32 Å². The van der Waals surface area contributed by atoms with Crippen molar-refractivity contribution in [1.29, 1.82) is 0 Å². The Morgan fingerprint density at radius 3 is 2.38 bits per heavy atom. The second-order valence-electron chi connectivity index (χ2n) is 4.47. The molecule has 0 atom stereocenters. The number of nitrogens with zero attached hydrogens (tertiary/aromatic N) is 4. The highest BCUT2D eigenvalue weighted by atomic mass is 19.4. The summed E-state index contributed by atoms with van der Waals surface area (Å²) >= 11 is 0. The predicted molar refractivity (Wildman–Crippen MR) is 50.5 cm³/mol. The quantitative estimate of drug-likeness (QED) is 0.856. The molecule has 0 amide bonds. The van der Waals surface area contributed by atoms with E-state index in [1.165, 1.54) is 0 Å². The molecular formula is C8H14F3N5. The van der Waals surface area contributed by atoms with E-state index in [4.69, 9.17) is 0 Å². The Labute approximate surface area is 91.0 Å². The van der Waals surface area contributed by atoms with Gasteiger partial charge in [0.1, 0.15) is 6.54 Å². The first-order valence-electron chi connectivity index (χ1n) is 4.74. The molecular weight excluding hydrogens is 223 g/mol. The van der Waals surface area contributed by atoms with Crippen LogP contribution in [0.15, 0.2) is 0 Å². The molecule has 0 unspecified atom stereocenters. The molecule has 0 fully saturated rings. The lowest BCUT2D eigenvalue weighted by Gasteiger charge is -2.20. The Balaban J connectivity index is 2.64. The normalized spacial score (nSPS) is 13.1. The second kappa shape index (κ2) is 4.36. The van der Waals surface area contributed by atoms with Gasteiger partial charge in [0.15, 0.2) is 5.82 Å². The molecule has 0 aliphatic rings. The van der Waals surface area contributed by atoms with Crippen LogP contribution in [0, 0.1) is 0 Å². The molecule has 0 saturated carbocycles. The molecule has 0 aromatic carbocycles. The van der Waals surface area contributed by atoms with Gasteiger partial charge in [0.2, 0.25) is 0 Å². The molecule has 0 aliphatic carbocycles. The highest BCUT2D eigenvalue weighted by Crippen LogP contribution is 2.17. The first-order chi connectivity index (χ1) is 7.17. The maximum Gasteiger partial charge on any atom is 0.408 e. The summed E-state index contributed by atoms with van der Waals surface area (Å²) in [5, 5.41) is 13.1. The van der Waals surface area contributed by atoms with Gasteiger partial charge < -0.3 is 5.32 Å². The van der Waals surface area contributed by atoms with E-state index in [0.717, 1.165) is 4.68 Å². The van der Waals surface area contributed by atoms with Crippen molar-refractivity contribution in [2.24, 2.45) is 0 Å². The average Bonchev–Trinajstić information content (AvgIpc) is 2.44. The van der Waals surface area contributed by atoms with Gasteiger partial charge in [0.05, 0.1) is 6.54 Å². The molecule has 0 spiro atoms. The molecule has 0 aliphatic heterocycles. The highest BCUT2D eigenvalue weighted by molar-refractivity contribution is 4.84. The highest BCUT2D eigenvalue weighted by Gasteiger charge is 2.30. The largest absolute Gasteiger partial charge is 0.408 e. The van der Waals surface area contributed by atoms with Gasteiger partial charge in [-0.1, -0.05) is 0 Å². The minimum absolute atomic E-state index is 0.173. The average molecular weight is 237 g/mol. The molecule has 0 radical (unpaired) electrons. The summed E-state index contributed by atoms with van der Waals surface area (Å²) in [6, 6.07) is 0. The molecule has 92 valence electrons. The third kappa shape index (κ3) is 4.56. The van der Waals surface area contributed by atoms with Crippen molar-refractivity contribution in [3.8, 4) is 0 Å². The predicted octanol–water partition coefficient (Wildman–Crippen LogP) is 1.12. The third-order valence-electron chi connectivity index (χ3n) is 1.71. The van der Waals surface area contributed by atoms with Crippen molar-refractivity contribution in [3.05, 3.63) is 5.82 Å². The summed E-state index contributed by atoms with van der Waals surface area (Å²) in [5.41, 5.74) is -0.199. The van der Waals surface area contributed by atoms with Crippen LogP contribution in [0.25, 0.3) is 0 Å². The van der Waals surface area contributed by atoms with Crippen LogP contribution in [-0.4, -0.2) is 31.9 Å². The molecule has 1 heterocycles. The van der Waals surface area contributed by atoms with Gasteiger partial charge in [-0.25, -0.2) is 4.68 Å². The van der Waals surface area contributed by atoms with E-state index < -0.39 is 12.7 Å². The minimum atomic E-state index is -4.31. The van der Waals surface area contributed by atoms with Gasteiger partial charge >= 0.3 is 6.18 Å². The summed E-state index contributed by atoms with van der Waals surface area (Å²) in [6.45, 7) is 4.76. The van der Waals surface area contributed by atoms with Crippen molar-refractivity contribution in [2.75, 3.05) is 0 Å². The van der Waals surface area contributed by atoms with E-state index in [1.54, 1.807) is 0 Å². The zero-order valence-corrected chi connectivity index (χ0v) is 9.34. The monoisotopic (exact) mass is 237 g/mol. The first kappa shape index (κ1) is 12.9. The lowest BCUT2D eigenvalue weighted by Crippen LogP contribution is -2.36. The molecule has 1 aromatic rings. The third-order valence-corrected chi connectivity index (χ3v) is 1.71. The van der Waals surface area contributed by atoms with E-state index in [0.29, 0.717) is 0 Å². The number of rotatable bonds is 3. The fraction of sp³-hybridized carbons (Fsp3) is 0.875. The molecule has 0 saturated heterocycles. The zero-order valence-electron chi connectivity index (χ0n) is 9.34. The molecule has 1 N–H and O–H groups in total. The fourth-order valence-corrected chi connectivity index (χ4v) is 0.987. The van der Waals surface area contributed by atoms with Crippen molar-refractivity contribution >= 4 is 0 Å².